The molecule has 124 valence electrons. The largest absolute Gasteiger partial charge is 0.342 e. The van der Waals surface area contributed by atoms with Crippen LogP contribution in [0.4, 0.5) is 0 Å². The third-order valence-electron chi connectivity index (χ3n) is 4.03. The molecule has 0 aliphatic carbocycles. The van der Waals surface area contributed by atoms with Crippen LogP contribution in [0.5, 0.6) is 0 Å². The van der Waals surface area contributed by atoms with Crippen molar-refractivity contribution < 1.29 is 4.79 Å². The van der Waals surface area contributed by atoms with Gasteiger partial charge in [-0.25, -0.2) is 0 Å². The fourth-order valence-corrected chi connectivity index (χ4v) is 3.66. The molecule has 2 aromatic rings. The zero-order valence-corrected chi connectivity index (χ0v) is 14.2. The highest BCUT2D eigenvalue weighted by Crippen LogP contribution is 2.22. The van der Waals surface area contributed by atoms with Crippen molar-refractivity contribution >= 4 is 23.4 Å². The summed E-state index contributed by atoms with van der Waals surface area (Å²) < 4.78 is 1.83. The van der Waals surface area contributed by atoms with Crippen LogP contribution in [-0.4, -0.2) is 49.2 Å². The molecule has 0 atom stereocenters. The summed E-state index contributed by atoms with van der Waals surface area (Å²) in [6.07, 6.45) is 3.38. The molecule has 0 unspecified atom stereocenters. The van der Waals surface area contributed by atoms with E-state index in [0.717, 1.165) is 31.6 Å². The van der Waals surface area contributed by atoms with Gasteiger partial charge < -0.3 is 4.90 Å². The lowest BCUT2D eigenvalue weighted by Gasteiger charge is -2.26. The summed E-state index contributed by atoms with van der Waals surface area (Å²) >= 11 is 1.37. The van der Waals surface area contributed by atoms with Gasteiger partial charge in [0.05, 0.1) is 5.75 Å². The summed E-state index contributed by atoms with van der Waals surface area (Å²) in [5.41, 5.74) is 0.663. The van der Waals surface area contributed by atoms with Gasteiger partial charge in [-0.05, 0) is 25.2 Å². The van der Waals surface area contributed by atoms with Crippen LogP contribution in [0.15, 0.2) is 16.0 Å². The lowest BCUT2D eigenvalue weighted by Crippen LogP contribution is -2.36. The second kappa shape index (κ2) is 6.74. The maximum absolute atomic E-state index is 12.3. The second-order valence-corrected chi connectivity index (χ2v) is 7.03. The number of piperidine rings is 1. The molecule has 0 aromatic carbocycles. The van der Waals surface area contributed by atoms with Gasteiger partial charge in [0.1, 0.15) is 0 Å². The summed E-state index contributed by atoms with van der Waals surface area (Å²) in [5.74, 6) is 1.07. The minimum absolute atomic E-state index is 0.141. The number of aromatic amines is 1. The summed E-state index contributed by atoms with van der Waals surface area (Å²) in [7, 11) is 0. The topological polar surface area (TPSA) is 83.4 Å². The Morgan fingerprint density at radius 3 is 2.74 bits per heavy atom. The number of fused-ring (bicyclic) bond motifs is 1. The Labute approximate surface area is 138 Å². The minimum Gasteiger partial charge on any atom is -0.342 e. The first-order valence-corrected chi connectivity index (χ1v) is 8.94. The van der Waals surface area contributed by atoms with Crippen LogP contribution in [0.25, 0.3) is 5.78 Å². The number of thioether (sulfide) groups is 1. The van der Waals surface area contributed by atoms with Gasteiger partial charge in [-0.3, -0.25) is 19.0 Å². The molecule has 1 N–H and O–H groups in total. The van der Waals surface area contributed by atoms with Crippen LogP contribution < -0.4 is 5.56 Å². The number of likely N-dealkylation sites (tertiary alicyclic amines) is 1. The van der Waals surface area contributed by atoms with Gasteiger partial charge in [-0.1, -0.05) is 25.6 Å². The van der Waals surface area contributed by atoms with Crippen LogP contribution in [0.2, 0.25) is 0 Å². The zero-order valence-electron chi connectivity index (χ0n) is 13.4. The molecule has 1 aliphatic rings. The maximum atomic E-state index is 12.3. The second-order valence-electron chi connectivity index (χ2n) is 6.08. The normalized spacial score (nSPS) is 15.5. The van der Waals surface area contributed by atoms with Crippen molar-refractivity contribution in [2.75, 3.05) is 18.8 Å². The van der Waals surface area contributed by atoms with Crippen LogP contribution >= 0.6 is 11.8 Å². The van der Waals surface area contributed by atoms with E-state index in [1.807, 2.05) is 23.1 Å². The summed E-state index contributed by atoms with van der Waals surface area (Å²) in [6.45, 7) is 5.73. The fourth-order valence-electron chi connectivity index (χ4n) is 2.81. The Kier molecular flexibility index (Phi) is 4.70. The van der Waals surface area contributed by atoms with Gasteiger partial charge in [0.2, 0.25) is 11.7 Å². The molecule has 2 aromatic heterocycles. The molecule has 3 rings (SSSR count). The Hall–Kier alpha value is -1.83. The number of nitrogens with zero attached hydrogens (tertiary/aromatic N) is 4. The molecule has 8 heteroatoms. The first kappa shape index (κ1) is 16.0. The van der Waals surface area contributed by atoms with Crippen molar-refractivity contribution in [3.8, 4) is 0 Å². The number of carbonyl (C=O) groups excluding carboxylic acids is 1. The molecule has 1 saturated heterocycles. The van der Waals surface area contributed by atoms with Crippen LogP contribution in [0.1, 0.15) is 44.7 Å². The first-order valence-electron chi connectivity index (χ1n) is 7.95. The first-order chi connectivity index (χ1) is 11.1. The number of hydrogen-bond donors (Lipinski definition) is 1. The van der Waals surface area contributed by atoms with E-state index < -0.39 is 0 Å². The van der Waals surface area contributed by atoms with E-state index in [1.54, 1.807) is 6.07 Å². The van der Waals surface area contributed by atoms with E-state index in [1.165, 1.54) is 18.2 Å². The van der Waals surface area contributed by atoms with Gasteiger partial charge in [0.25, 0.3) is 5.56 Å². The third-order valence-corrected chi connectivity index (χ3v) is 4.94. The Balaban J connectivity index is 1.80. The van der Waals surface area contributed by atoms with E-state index >= 15 is 0 Å². The van der Waals surface area contributed by atoms with Gasteiger partial charge in [0.15, 0.2) is 5.16 Å². The lowest BCUT2D eigenvalue weighted by atomic mass is 10.1. The quantitative estimate of drug-likeness (QED) is 0.859. The number of H-pyrrole nitrogens is 1. The predicted octanol–water partition coefficient (Wildman–Crippen LogP) is 1.65. The molecular formula is C15H21N5O2S. The molecule has 0 spiro atoms. The average molecular weight is 335 g/mol. The maximum Gasteiger partial charge on any atom is 0.252 e. The molecule has 3 heterocycles. The monoisotopic (exact) mass is 335 g/mol. The highest BCUT2D eigenvalue weighted by molar-refractivity contribution is 7.99. The summed E-state index contributed by atoms with van der Waals surface area (Å²) in [5, 5.41) is 8.80. The van der Waals surface area contributed by atoms with Crippen molar-refractivity contribution in [3.63, 3.8) is 0 Å². The molecule has 1 fully saturated rings. The zero-order chi connectivity index (χ0) is 16.4. The number of hydrogen-bond acceptors (Lipinski definition) is 5. The fraction of sp³-hybridized carbons (Fsp3) is 0.600. The van der Waals surface area contributed by atoms with E-state index in [9.17, 15) is 9.59 Å². The highest BCUT2D eigenvalue weighted by Gasteiger charge is 2.19. The molecule has 7 nitrogen and oxygen atoms in total. The SMILES string of the molecule is CC(C)c1cc(=O)[nH]c2nnc(SCC(=O)N3CCCCC3)n12. The number of nitrogens with one attached hydrogen (secondary N) is 1. The molecule has 0 saturated carbocycles. The standard InChI is InChI=1S/C15H21N5O2S/c1-10(2)11-8-12(21)16-14-17-18-15(20(11)14)23-9-13(22)19-6-4-3-5-7-19/h8,10H,3-7,9H2,1-2H3,(H,16,17,21). The Morgan fingerprint density at radius 1 is 1.30 bits per heavy atom. The van der Waals surface area contributed by atoms with Crippen molar-refractivity contribution in [2.45, 2.75) is 44.2 Å². The summed E-state index contributed by atoms with van der Waals surface area (Å²) in [6, 6.07) is 1.57. The average Bonchev–Trinajstić information content (AvgIpc) is 2.95. The van der Waals surface area contributed by atoms with Gasteiger partial charge in [0, 0.05) is 24.8 Å². The minimum atomic E-state index is -0.186. The number of carbonyl (C=O) groups is 1. The van der Waals surface area contributed by atoms with Crippen LogP contribution in [-0.2, 0) is 4.79 Å². The number of amides is 1. The van der Waals surface area contributed by atoms with Gasteiger partial charge in [-0.2, -0.15) is 0 Å². The van der Waals surface area contributed by atoms with Crippen LogP contribution in [0, 0.1) is 0 Å². The van der Waals surface area contributed by atoms with E-state index in [4.69, 9.17) is 0 Å². The lowest BCUT2D eigenvalue weighted by molar-refractivity contribution is -0.129. The molecule has 1 aliphatic heterocycles. The molecule has 0 radical (unpaired) electrons. The van der Waals surface area contributed by atoms with Crippen molar-refractivity contribution in [2.24, 2.45) is 0 Å². The van der Waals surface area contributed by atoms with Gasteiger partial charge >= 0.3 is 0 Å². The predicted molar refractivity (Wildman–Crippen MR) is 88.9 cm³/mol. The number of rotatable bonds is 4. The molecular weight excluding hydrogens is 314 g/mol. The molecule has 1 amide bonds. The van der Waals surface area contributed by atoms with Crippen molar-refractivity contribution in [1.82, 2.24) is 24.5 Å². The number of aromatic nitrogens is 4. The van der Waals surface area contributed by atoms with E-state index in [-0.39, 0.29) is 17.4 Å². The third kappa shape index (κ3) is 3.41. The van der Waals surface area contributed by atoms with E-state index in [0.29, 0.717) is 16.7 Å². The Morgan fingerprint density at radius 2 is 2.04 bits per heavy atom. The molecule has 23 heavy (non-hydrogen) atoms. The molecule has 0 bridgehead atoms. The van der Waals surface area contributed by atoms with E-state index in [2.05, 4.69) is 15.2 Å². The van der Waals surface area contributed by atoms with Gasteiger partial charge in [-0.15, -0.1) is 10.2 Å². The summed E-state index contributed by atoms with van der Waals surface area (Å²) in [4.78, 5) is 28.6. The highest BCUT2D eigenvalue weighted by atomic mass is 32.2. The smallest absolute Gasteiger partial charge is 0.252 e. The Bertz CT molecular complexity index is 761. The van der Waals surface area contributed by atoms with Crippen molar-refractivity contribution in [3.05, 3.63) is 22.1 Å². The van der Waals surface area contributed by atoms with Crippen LogP contribution in [0.3, 0.4) is 0 Å². The van der Waals surface area contributed by atoms with Crippen molar-refractivity contribution in [1.29, 1.82) is 0 Å².